The first kappa shape index (κ1) is 26.7. The van der Waals surface area contributed by atoms with Gasteiger partial charge >= 0.3 is 0 Å². The van der Waals surface area contributed by atoms with Crippen LogP contribution in [0.25, 0.3) is 0 Å². The van der Waals surface area contributed by atoms with E-state index in [0.717, 1.165) is 0 Å². The third-order valence-corrected chi connectivity index (χ3v) is 6.54. The lowest BCUT2D eigenvalue weighted by Gasteiger charge is -2.40. The number of methoxy groups -OCH3 is 1. The van der Waals surface area contributed by atoms with Crippen molar-refractivity contribution in [1.82, 2.24) is 10.2 Å². The predicted octanol–water partition coefficient (Wildman–Crippen LogP) is 0.468. The molecule has 11 nitrogen and oxygen atoms in total. The van der Waals surface area contributed by atoms with Crippen molar-refractivity contribution >= 4 is 11.8 Å². The molecule has 0 spiro atoms. The molecule has 0 saturated carbocycles. The summed E-state index contributed by atoms with van der Waals surface area (Å²) in [5.41, 5.74) is 2.10. The van der Waals surface area contributed by atoms with Gasteiger partial charge in [-0.25, -0.2) is 0 Å². The Balaban J connectivity index is 1.79. The number of furan rings is 1. The van der Waals surface area contributed by atoms with Gasteiger partial charge in [0, 0.05) is 36.4 Å². The molecular formula is C26H32N2O9. The highest BCUT2D eigenvalue weighted by Gasteiger charge is 2.51. The van der Waals surface area contributed by atoms with Crippen molar-refractivity contribution in [2.45, 2.75) is 44.2 Å². The third kappa shape index (κ3) is 5.35. The van der Waals surface area contributed by atoms with Gasteiger partial charge in [-0.15, -0.1) is 0 Å². The van der Waals surface area contributed by atoms with E-state index in [1.165, 1.54) is 24.5 Å². The average molecular weight is 517 g/mol. The van der Waals surface area contributed by atoms with Crippen LogP contribution in [0.1, 0.15) is 29.5 Å². The largest absolute Gasteiger partial charge is 0.493 e. The number of ether oxygens (including phenoxy) is 3. The van der Waals surface area contributed by atoms with Gasteiger partial charge in [-0.1, -0.05) is 0 Å². The molecule has 1 aliphatic carbocycles. The van der Waals surface area contributed by atoms with E-state index < -0.39 is 30.1 Å². The summed E-state index contributed by atoms with van der Waals surface area (Å²) >= 11 is 0. The molecule has 4 N–H and O–H groups in total. The number of nitrogens with one attached hydrogen (secondary N) is 1. The highest BCUT2D eigenvalue weighted by molar-refractivity contribution is 5.96. The molecule has 0 radical (unpaired) electrons. The SMILES string of the molecule is CCOCC(=O)N(Cc1ccoc1)[C@@H]1C=C(C(=O)NCCO)[C@@H]2c3cc(CO)cc(OC)c3O[C@@H]2[C@H]1O. The van der Waals surface area contributed by atoms with E-state index in [0.29, 0.717) is 34.8 Å². The number of aliphatic hydroxyl groups is 3. The van der Waals surface area contributed by atoms with Crippen LogP contribution in [0.3, 0.4) is 0 Å². The summed E-state index contributed by atoms with van der Waals surface area (Å²) in [6.07, 6.45) is 2.42. The number of aliphatic hydroxyl groups excluding tert-OH is 3. The van der Waals surface area contributed by atoms with Gasteiger partial charge in [0.25, 0.3) is 0 Å². The number of nitrogens with zero attached hydrogens (tertiary/aromatic N) is 1. The van der Waals surface area contributed by atoms with Crippen LogP contribution in [0.15, 0.2) is 46.8 Å². The van der Waals surface area contributed by atoms with Crippen LogP contribution >= 0.6 is 0 Å². The molecule has 1 aliphatic heterocycles. The molecule has 0 saturated heterocycles. The number of fused-ring (bicyclic) bond motifs is 3. The smallest absolute Gasteiger partial charge is 0.249 e. The summed E-state index contributed by atoms with van der Waals surface area (Å²) < 4.78 is 22.2. The number of rotatable bonds is 11. The number of carbonyl (C=O) groups excluding carboxylic acids is 2. The van der Waals surface area contributed by atoms with E-state index in [4.69, 9.17) is 18.6 Å². The first-order valence-corrected chi connectivity index (χ1v) is 12.1. The quantitative estimate of drug-likeness (QED) is 0.334. The summed E-state index contributed by atoms with van der Waals surface area (Å²) in [7, 11) is 1.46. The summed E-state index contributed by atoms with van der Waals surface area (Å²) in [4.78, 5) is 28.0. The molecule has 4 rings (SSSR count). The Morgan fingerprint density at radius 3 is 2.68 bits per heavy atom. The Morgan fingerprint density at radius 2 is 2.03 bits per heavy atom. The zero-order valence-corrected chi connectivity index (χ0v) is 20.8. The van der Waals surface area contributed by atoms with E-state index >= 15 is 0 Å². The fraction of sp³-hybridized carbons (Fsp3) is 0.462. The highest BCUT2D eigenvalue weighted by Crippen LogP contribution is 2.51. The minimum absolute atomic E-state index is 0.0243. The zero-order chi connectivity index (χ0) is 26.5. The van der Waals surface area contributed by atoms with Crippen LogP contribution in [-0.2, 0) is 27.5 Å². The molecule has 200 valence electrons. The van der Waals surface area contributed by atoms with Gasteiger partial charge in [-0.05, 0) is 36.8 Å². The first-order valence-electron chi connectivity index (χ1n) is 12.1. The highest BCUT2D eigenvalue weighted by atomic mass is 16.5. The number of hydrogen-bond donors (Lipinski definition) is 4. The lowest BCUT2D eigenvalue weighted by molar-refractivity contribution is -0.142. The molecule has 1 aromatic heterocycles. The van der Waals surface area contributed by atoms with Crippen LogP contribution in [0.4, 0.5) is 0 Å². The van der Waals surface area contributed by atoms with Crippen LogP contribution in [-0.4, -0.2) is 83.8 Å². The summed E-state index contributed by atoms with van der Waals surface area (Å²) in [6.45, 7) is 1.51. The van der Waals surface area contributed by atoms with Gasteiger partial charge in [0.1, 0.15) is 18.8 Å². The maximum atomic E-state index is 13.3. The molecule has 0 fully saturated rings. The number of hydrogen-bond acceptors (Lipinski definition) is 9. The minimum atomic E-state index is -1.22. The normalized spacial score (nSPS) is 21.9. The van der Waals surface area contributed by atoms with Gasteiger partial charge < -0.3 is 44.2 Å². The van der Waals surface area contributed by atoms with Crippen molar-refractivity contribution < 1.29 is 43.5 Å². The maximum absolute atomic E-state index is 13.3. The molecule has 0 unspecified atom stereocenters. The topological polar surface area (TPSA) is 151 Å². The van der Waals surface area contributed by atoms with Crippen LogP contribution in [0.2, 0.25) is 0 Å². The monoisotopic (exact) mass is 516 g/mol. The van der Waals surface area contributed by atoms with E-state index in [1.807, 2.05) is 0 Å². The van der Waals surface area contributed by atoms with Crippen molar-refractivity contribution in [3.63, 3.8) is 0 Å². The van der Waals surface area contributed by atoms with Gasteiger partial charge in [0.15, 0.2) is 11.5 Å². The maximum Gasteiger partial charge on any atom is 0.249 e. The fourth-order valence-corrected chi connectivity index (χ4v) is 4.83. The van der Waals surface area contributed by atoms with E-state index in [-0.39, 0.29) is 44.4 Å². The number of amides is 2. The second-order valence-corrected chi connectivity index (χ2v) is 8.81. The molecule has 2 aromatic rings. The molecule has 2 aliphatic rings. The summed E-state index contributed by atoms with van der Waals surface area (Å²) in [5.74, 6) is -0.827. The molecule has 37 heavy (non-hydrogen) atoms. The van der Waals surface area contributed by atoms with Gasteiger partial charge in [0.05, 0.1) is 44.8 Å². The molecule has 11 heteroatoms. The Bertz CT molecular complexity index is 1130. The van der Waals surface area contributed by atoms with E-state index in [9.17, 15) is 24.9 Å². The Hall–Kier alpha value is -3.38. The molecule has 4 atom stereocenters. The lowest BCUT2D eigenvalue weighted by Crippen LogP contribution is -2.56. The fourth-order valence-electron chi connectivity index (χ4n) is 4.83. The number of benzene rings is 1. The standard InChI is InChI=1S/C26H32N2O9/c1-3-35-14-21(31)28(11-15-4-7-36-13-15)19-10-18(26(33)27-5-6-29)22-17-8-16(12-30)9-20(34-2)24(17)37-25(22)23(19)32/h4,7-10,13,19,22-23,25,29-30,32H,3,5-6,11-12,14H2,1-2H3,(H,27,33)/t19-,22+,23+,25+/m1/s1. The molecule has 2 amide bonds. The van der Waals surface area contributed by atoms with Crippen molar-refractivity contribution in [3.8, 4) is 11.5 Å². The van der Waals surface area contributed by atoms with Gasteiger partial charge in [-0.3, -0.25) is 9.59 Å². The second kappa shape index (κ2) is 11.8. The van der Waals surface area contributed by atoms with Gasteiger partial charge in [0.2, 0.25) is 11.8 Å². The van der Waals surface area contributed by atoms with E-state index in [1.54, 1.807) is 31.2 Å². The molecule has 1 aromatic carbocycles. The van der Waals surface area contributed by atoms with Crippen molar-refractivity contribution in [3.05, 3.63) is 59.1 Å². The predicted molar refractivity (Wildman–Crippen MR) is 130 cm³/mol. The molecule has 0 bridgehead atoms. The molecule has 2 heterocycles. The van der Waals surface area contributed by atoms with Crippen LogP contribution in [0, 0.1) is 0 Å². The number of carbonyl (C=O) groups is 2. The average Bonchev–Trinajstić information content (AvgIpc) is 3.57. The summed E-state index contributed by atoms with van der Waals surface area (Å²) in [5, 5.41) is 33.3. The van der Waals surface area contributed by atoms with Crippen molar-refractivity contribution in [2.24, 2.45) is 0 Å². The molecular weight excluding hydrogens is 484 g/mol. The van der Waals surface area contributed by atoms with Crippen LogP contribution < -0.4 is 14.8 Å². The first-order chi connectivity index (χ1) is 17.9. The Morgan fingerprint density at radius 1 is 1.22 bits per heavy atom. The van der Waals surface area contributed by atoms with Gasteiger partial charge in [-0.2, -0.15) is 0 Å². The zero-order valence-electron chi connectivity index (χ0n) is 20.8. The summed E-state index contributed by atoms with van der Waals surface area (Å²) in [6, 6.07) is 4.12. The lowest BCUT2D eigenvalue weighted by atomic mass is 9.77. The third-order valence-electron chi connectivity index (χ3n) is 6.54. The second-order valence-electron chi connectivity index (χ2n) is 8.81. The van der Waals surface area contributed by atoms with Crippen molar-refractivity contribution in [2.75, 3.05) is 33.5 Å². The van der Waals surface area contributed by atoms with E-state index in [2.05, 4.69) is 5.32 Å². The van der Waals surface area contributed by atoms with Crippen LogP contribution in [0.5, 0.6) is 11.5 Å². The Labute approximate surface area is 214 Å². The van der Waals surface area contributed by atoms with Crippen molar-refractivity contribution in [1.29, 1.82) is 0 Å². The Kier molecular flexibility index (Phi) is 8.49. The minimum Gasteiger partial charge on any atom is -0.493 e.